The van der Waals surface area contributed by atoms with Crippen LogP contribution < -0.4 is 210 Å². The van der Waals surface area contributed by atoms with Gasteiger partial charge in [-0.05, 0) is 42.8 Å². The molecular formula is C27H33Br3Cl6F24Na6O13S6. The van der Waals surface area contributed by atoms with E-state index in [0.29, 0.717) is 0 Å². The van der Waals surface area contributed by atoms with E-state index in [-0.39, 0.29) is 243 Å². The Kier molecular flexibility index (Phi) is 88.5. The first kappa shape index (κ1) is 139. The van der Waals surface area contributed by atoms with E-state index < -0.39 is 129 Å². The molecule has 0 heterocycles. The fraction of sp³-hybridized carbons (Fsp3) is 0.778. The summed E-state index contributed by atoms with van der Waals surface area (Å²) in [5, 5.41) is -7.46. The predicted molar refractivity (Wildman–Crippen MR) is 244 cm³/mol. The maximum absolute atomic E-state index is 12.5. The quantitative estimate of drug-likeness (QED) is 0.0219. The van der Waals surface area contributed by atoms with Crippen LogP contribution in [0.25, 0.3) is 0 Å². The van der Waals surface area contributed by atoms with Crippen LogP contribution in [0, 0.1) is 0 Å². The molecule has 0 aliphatic rings. The molecule has 0 bridgehead atoms. The van der Waals surface area contributed by atoms with Crippen LogP contribution in [0.15, 0.2) is 24.3 Å². The minimum absolute atomic E-state index is 0. The van der Waals surface area contributed by atoms with E-state index in [4.69, 9.17) is 10.5 Å². The topological polar surface area (TPSA) is 236 Å². The Morgan fingerprint density at radius 1 is 0.459 bits per heavy atom. The van der Waals surface area contributed by atoms with E-state index in [1.165, 1.54) is 5.56 Å². The van der Waals surface area contributed by atoms with Gasteiger partial charge in [-0.2, -0.15) is 105 Å². The molecule has 0 aromatic heterocycles. The van der Waals surface area contributed by atoms with Gasteiger partial charge in [0, 0.05) is 86.9 Å². The molecule has 0 spiro atoms. The Labute approximate surface area is 672 Å². The van der Waals surface area contributed by atoms with Crippen molar-refractivity contribution < 1.29 is 358 Å². The molecule has 492 valence electrons. The van der Waals surface area contributed by atoms with Gasteiger partial charge in [0.2, 0.25) is 0 Å². The van der Waals surface area contributed by atoms with Gasteiger partial charge < -0.3 is 50.4 Å². The third-order valence-electron chi connectivity index (χ3n) is 5.93. The molecular weight excluding hydrogens is 1770 g/mol. The first-order chi connectivity index (χ1) is 31.5. The Balaban J connectivity index is -0.0000000395. The summed E-state index contributed by atoms with van der Waals surface area (Å²) in [5.41, 5.74) is 1.35. The molecule has 0 aliphatic heterocycles. The van der Waals surface area contributed by atoms with Crippen LogP contribution in [0.2, 0.25) is 0 Å². The van der Waals surface area contributed by atoms with Crippen molar-refractivity contribution in [3.8, 4) is 5.75 Å². The zero-order chi connectivity index (χ0) is 61.5. The minimum Gasteiger partial charge on any atom is -1.00 e. The number of alkyl halides is 26. The number of hydrogen-bond donors (Lipinski definition) is 0. The molecule has 0 amide bonds. The van der Waals surface area contributed by atoms with Crippen molar-refractivity contribution in [3.63, 3.8) is 0 Å². The van der Waals surface area contributed by atoms with Gasteiger partial charge in [0.1, 0.15) is 0 Å². The summed E-state index contributed by atoms with van der Waals surface area (Å²) in [5.74, 6) is -24.8. The maximum Gasteiger partial charge on any atom is 1.00 e. The van der Waals surface area contributed by atoms with E-state index >= 15 is 0 Å². The van der Waals surface area contributed by atoms with Crippen LogP contribution in [0.5, 0.6) is 5.75 Å². The second-order valence-corrected chi connectivity index (χ2v) is 22.6. The Morgan fingerprint density at radius 2 is 0.647 bits per heavy atom. The molecule has 1 rings (SSSR count). The third kappa shape index (κ3) is 40.9. The molecule has 0 aliphatic carbocycles. The minimum atomic E-state index is -6.85. The fourth-order valence-corrected chi connectivity index (χ4v) is 6.05. The van der Waals surface area contributed by atoms with Gasteiger partial charge in [-0.15, -0.1) is 5.75 Å². The molecule has 0 N–H and O–H groups in total. The Bertz CT molecular complexity index is 2030. The molecule has 2 atom stereocenters. The van der Waals surface area contributed by atoms with Gasteiger partial charge >= 0.3 is 260 Å². The van der Waals surface area contributed by atoms with Gasteiger partial charge in [0.25, 0.3) is 0 Å². The summed E-state index contributed by atoms with van der Waals surface area (Å²) in [6.07, 6.45) is 0. The van der Waals surface area contributed by atoms with Gasteiger partial charge in [-0.1, -0.05) is 82.2 Å². The van der Waals surface area contributed by atoms with Crippen molar-refractivity contribution in [2.45, 2.75) is 128 Å². The van der Waals surface area contributed by atoms with Crippen molar-refractivity contribution >= 4 is 161 Å². The van der Waals surface area contributed by atoms with Gasteiger partial charge in [0.05, 0.1) is 24.1 Å². The second kappa shape index (κ2) is 54.0. The molecule has 13 nitrogen and oxygen atoms in total. The van der Waals surface area contributed by atoms with Crippen LogP contribution in [0.4, 0.5) is 105 Å². The summed E-state index contributed by atoms with van der Waals surface area (Å²) in [6, 6.07) is 7.01. The van der Waals surface area contributed by atoms with Crippen LogP contribution in [0.1, 0.15) is 63.5 Å². The van der Waals surface area contributed by atoms with E-state index in [0.717, 1.165) is 31.9 Å². The molecule has 0 fully saturated rings. The molecule has 58 heteroatoms. The van der Waals surface area contributed by atoms with E-state index in [2.05, 4.69) is 94.2 Å². The number of hydrogen-bond acceptors (Lipinski definition) is 15. The molecule has 0 saturated carbocycles. The van der Waals surface area contributed by atoms with Crippen molar-refractivity contribution in [1.29, 1.82) is 0 Å². The van der Waals surface area contributed by atoms with E-state index in [9.17, 15) is 145 Å². The first-order valence-electron chi connectivity index (χ1n) is 14.5. The molecule has 0 saturated heterocycles. The summed E-state index contributed by atoms with van der Waals surface area (Å²) in [6.45, 7) is 6.40. The average molecular weight is 1800 g/mol. The SMILES string of the molecule is C.C.C.C.C.CC(C)(C)c1ccc([O-])cc1.ClCl.ClCl.FC(F)(Br)C(F)(F)C(F)(F)Br.O=S(=O)(Cl)C(F)(F)C(F)(F)C(F)(F)S(=O)(=O)Cl.O=S([O-])C(F)(F)C(F)(F)C(F)(F)SO[O-].O=S([O-])C(F)(F)C(F)(F)C(F)(F)SO[O-].[Br-].[Na+].[Na+].[Na+].[Na+].[Na+].[Na+]. The van der Waals surface area contributed by atoms with Crippen molar-refractivity contribution in [3.05, 3.63) is 29.8 Å². The summed E-state index contributed by atoms with van der Waals surface area (Å²) < 4.78 is 375. The Hall–Kier alpha value is 7.18. The van der Waals surface area contributed by atoms with Crippen molar-refractivity contribution in [2.24, 2.45) is 0 Å². The van der Waals surface area contributed by atoms with Gasteiger partial charge in [-0.25, -0.2) is 16.8 Å². The first-order valence-corrected chi connectivity index (χ1v) is 26.6. The molecule has 2 unspecified atom stereocenters. The van der Waals surface area contributed by atoms with Crippen LogP contribution in [-0.2, 0) is 54.3 Å². The van der Waals surface area contributed by atoms with Gasteiger partial charge in [-0.3, -0.25) is 8.42 Å². The number of halogens is 33. The van der Waals surface area contributed by atoms with Crippen LogP contribution >= 0.6 is 121 Å². The maximum atomic E-state index is 12.5. The van der Waals surface area contributed by atoms with E-state index in [1.807, 2.05) is 12.1 Å². The zero-order valence-corrected chi connectivity index (χ0v) is 65.2. The van der Waals surface area contributed by atoms with Crippen LogP contribution in [-0.4, -0.2) is 99.2 Å². The average Bonchev–Trinajstić information content (AvgIpc) is 3.18. The smallest absolute Gasteiger partial charge is 1.00 e. The molecule has 1 aromatic carbocycles. The second-order valence-electron chi connectivity index (χ2n) is 11.8. The summed E-state index contributed by atoms with van der Waals surface area (Å²) in [7, 11) is 11.1. The molecule has 0 radical (unpaired) electrons. The third-order valence-corrected chi connectivity index (χ3v) is 12.2. The Morgan fingerprint density at radius 3 is 0.765 bits per heavy atom. The van der Waals surface area contributed by atoms with Gasteiger partial charge in [0.15, 0.2) is 0 Å². The van der Waals surface area contributed by atoms with Crippen molar-refractivity contribution in [2.75, 3.05) is 0 Å². The predicted octanol–water partition coefficient (Wildman–Crippen LogP) is -6.18. The molecule has 85 heavy (non-hydrogen) atoms. The van der Waals surface area contributed by atoms with Crippen molar-refractivity contribution in [1.82, 2.24) is 0 Å². The largest absolute Gasteiger partial charge is 1.00 e. The van der Waals surface area contributed by atoms with E-state index in [1.54, 1.807) is 12.1 Å². The number of rotatable bonds is 16. The fourth-order valence-electron chi connectivity index (χ4n) is 2.33. The summed E-state index contributed by atoms with van der Waals surface area (Å²) >= 11 is -10.9. The summed E-state index contributed by atoms with van der Waals surface area (Å²) in [4.78, 5) is -9.88. The number of benzene rings is 1. The standard InChI is InChI=1S/C10H14O.C3Br2F6.C3Cl2F6O4S2.2C3H2F6O4S2.5CH4.BrH.2Cl2.6Na/c1-10(2,3)8-4-6-9(11)7-5-8;4-2(8,9)1(6,7)3(5,10)11;4-16(12,13)2(8,9)1(6,7)3(10,11)17(5,14)15;2*4-1(5,2(6,7)14-13-10)3(8,9)15(11)12;;;;;;;2*1-2;;;;;;/h4-7,11H,1-3H3;;;2*10H,(H,11,12);5*1H4;1H;;;;;;;;/q;;;;;;;;;;;;;6*+1/p-6. The monoisotopic (exact) mass is 1800 g/mol. The molecule has 1 aromatic rings. The normalized spacial score (nSPS) is 12.6. The van der Waals surface area contributed by atoms with Crippen LogP contribution in [0.3, 0.4) is 0 Å². The zero-order valence-electron chi connectivity index (χ0n) is 39.0.